The lowest BCUT2D eigenvalue weighted by molar-refractivity contribution is -0.870. The number of rotatable bonds is 62. The van der Waals surface area contributed by atoms with Gasteiger partial charge in [-0.1, -0.05) is 298 Å². The van der Waals surface area contributed by atoms with Gasteiger partial charge < -0.3 is 33.3 Å². The van der Waals surface area contributed by atoms with Crippen molar-refractivity contribution in [3.05, 3.63) is 85.1 Å². The molecular weight excluding hydrogens is 1010 g/mol. The quantitative estimate of drug-likeness (QED) is 0.0195. The predicted molar refractivity (Wildman–Crippen MR) is 343 cm³/mol. The van der Waals surface area contributed by atoms with Crippen LogP contribution in [-0.2, 0) is 33.3 Å². The average molecular weight is 1130 g/mol. The van der Waals surface area contributed by atoms with Gasteiger partial charge in [0, 0.05) is 12.8 Å². The summed E-state index contributed by atoms with van der Waals surface area (Å²) in [5, 5.41) is 11.8. The maximum Gasteiger partial charge on any atom is 0.306 e. The first-order chi connectivity index (χ1) is 39.6. The molecule has 0 N–H and O–H groups in total. The topological polar surface area (TPSA) is 111 Å². The van der Waals surface area contributed by atoms with Gasteiger partial charge in [-0.15, -0.1) is 0 Å². The van der Waals surface area contributed by atoms with Crippen molar-refractivity contribution in [3.8, 4) is 0 Å². The fraction of sp³-hybridized carbons (Fsp3) is 0.764. The lowest BCUT2D eigenvalue weighted by Crippen LogP contribution is -2.44. The summed E-state index contributed by atoms with van der Waals surface area (Å²) in [6, 6.07) is 0. The molecule has 0 aliphatic carbocycles. The van der Waals surface area contributed by atoms with Crippen molar-refractivity contribution in [2.75, 3.05) is 47.5 Å². The molecule has 0 aliphatic rings. The summed E-state index contributed by atoms with van der Waals surface area (Å²) in [5.74, 6) is -2.27. The van der Waals surface area contributed by atoms with Gasteiger partial charge in [0.2, 0.25) is 0 Å². The van der Waals surface area contributed by atoms with Crippen LogP contribution in [0.15, 0.2) is 85.1 Å². The van der Waals surface area contributed by atoms with E-state index in [1.54, 1.807) is 0 Å². The molecule has 468 valence electrons. The number of carbonyl (C=O) groups excluding carboxylic acids is 3. The standard InChI is InChI=1S/C72H127NO8/c1-6-8-10-12-14-16-18-20-22-24-26-28-30-31-32-33-34-35-36-37-38-39-41-43-45-47-49-51-53-55-57-59-61-63-70(75)81-68(67-80-72(71(76)77)78-65-64-73(3,4)5)66-79-69(74)62-60-58-56-54-52-50-48-46-44-42-40-29-27-25-23-21-19-17-15-13-11-9-7-2/h8,10,14,16,20,22,26,28,31-32,34-35,37-38,68,72H,6-7,9,11-13,15,17-19,21,23-25,27,29-30,33,36,39-67H2,1-5H3/b10-8-,16-14-,22-20-,28-26-,32-31-,35-34-,38-37-. The number of carboxylic acid groups (broad SMARTS) is 1. The Hall–Kier alpha value is -3.53. The highest BCUT2D eigenvalue weighted by Gasteiger charge is 2.22. The number of aliphatic carboxylic acids is 1. The third-order valence-electron chi connectivity index (χ3n) is 14.7. The van der Waals surface area contributed by atoms with Crippen molar-refractivity contribution in [3.63, 3.8) is 0 Å². The minimum absolute atomic E-state index is 0.146. The number of carbonyl (C=O) groups is 3. The van der Waals surface area contributed by atoms with Crippen LogP contribution >= 0.6 is 0 Å². The largest absolute Gasteiger partial charge is 0.545 e. The van der Waals surface area contributed by atoms with E-state index in [9.17, 15) is 19.5 Å². The highest BCUT2D eigenvalue weighted by atomic mass is 16.7. The molecule has 0 amide bonds. The molecule has 2 unspecified atom stereocenters. The summed E-state index contributed by atoms with van der Waals surface area (Å²) in [6.07, 6.45) is 80.8. The van der Waals surface area contributed by atoms with Gasteiger partial charge >= 0.3 is 11.9 Å². The SMILES string of the molecule is CC/C=C\C/C=C\C/C=C\C/C=C\C/C=C\C/C=C\C/C=C\CCCCCCCCCCCCCC(=O)OC(COC(=O)CCCCCCCCCCCCCCCCCCCCCCCCC)COC(OCC[N+](C)(C)C)C(=O)[O-]. The van der Waals surface area contributed by atoms with Gasteiger partial charge in [-0.3, -0.25) is 9.59 Å². The van der Waals surface area contributed by atoms with Gasteiger partial charge in [0.15, 0.2) is 12.4 Å². The fourth-order valence-corrected chi connectivity index (χ4v) is 9.52. The van der Waals surface area contributed by atoms with Gasteiger partial charge in [0.05, 0.1) is 40.3 Å². The van der Waals surface area contributed by atoms with Crippen molar-refractivity contribution in [2.24, 2.45) is 0 Å². The number of allylic oxidation sites excluding steroid dienone is 14. The van der Waals surface area contributed by atoms with Crippen LogP contribution in [0.25, 0.3) is 0 Å². The van der Waals surface area contributed by atoms with Gasteiger partial charge in [0.1, 0.15) is 13.2 Å². The van der Waals surface area contributed by atoms with E-state index >= 15 is 0 Å². The maximum atomic E-state index is 12.9. The number of hydrogen-bond acceptors (Lipinski definition) is 8. The molecule has 0 aromatic carbocycles. The predicted octanol–water partition coefficient (Wildman–Crippen LogP) is 19.4. The van der Waals surface area contributed by atoms with E-state index < -0.39 is 24.3 Å². The third kappa shape index (κ3) is 63.9. The van der Waals surface area contributed by atoms with E-state index in [-0.39, 0.29) is 32.2 Å². The molecule has 2 atom stereocenters. The lowest BCUT2D eigenvalue weighted by atomic mass is 10.0. The van der Waals surface area contributed by atoms with Crippen molar-refractivity contribution in [1.29, 1.82) is 0 Å². The second-order valence-electron chi connectivity index (χ2n) is 23.7. The molecule has 9 nitrogen and oxygen atoms in total. The highest BCUT2D eigenvalue weighted by molar-refractivity contribution is 5.70. The van der Waals surface area contributed by atoms with Crippen molar-refractivity contribution in [2.45, 2.75) is 309 Å². The lowest BCUT2D eigenvalue weighted by Gasteiger charge is -2.26. The summed E-state index contributed by atoms with van der Waals surface area (Å²) in [5.41, 5.74) is 0. The van der Waals surface area contributed by atoms with E-state index in [0.29, 0.717) is 23.9 Å². The average Bonchev–Trinajstić information content (AvgIpc) is 3.44. The first kappa shape index (κ1) is 77.5. The molecule has 0 radical (unpaired) electrons. The zero-order valence-corrected chi connectivity index (χ0v) is 53.4. The number of unbranched alkanes of at least 4 members (excludes halogenated alkanes) is 33. The zero-order valence-electron chi connectivity index (χ0n) is 53.4. The molecule has 0 aromatic rings. The van der Waals surface area contributed by atoms with Crippen molar-refractivity contribution >= 4 is 17.9 Å². The molecule has 0 bridgehead atoms. The van der Waals surface area contributed by atoms with Crippen LogP contribution in [0.3, 0.4) is 0 Å². The third-order valence-corrected chi connectivity index (χ3v) is 14.7. The molecule has 0 aliphatic heterocycles. The van der Waals surface area contributed by atoms with E-state index in [1.807, 2.05) is 21.1 Å². The van der Waals surface area contributed by atoms with Gasteiger partial charge in [0.25, 0.3) is 0 Å². The highest BCUT2D eigenvalue weighted by Crippen LogP contribution is 2.18. The molecule has 81 heavy (non-hydrogen) atoms. The van der Waals surface area contributed by atoms with Crippen molar-refractivity contribution < 1.29 is 42.9 Å². The number of nitrogens with zero attached hydrogens (tertiary/aromatic N) is 1. The Morgan fingerprint density at radius 2 is 0.704 bits per heavy atom. The van der Waals surface area contributed by atoms with E-state index in [2.05, 4.69) is 98.9 Å². The Morgan fingerprint density at radius 3 is 1.05 bits per heavy atom. The minimum Gasteiger partial charge on any atom is -0.545 e. The van der Waals surface area contributed by atoms with Gasteiger partial charge in [-0.05, 0) is 70.6 Å². The summed E-state index contributed by atoms with van der Waals surface area (Å²) in [7, 11) is 5.93. The molecule has 0 rings (SSSR count). The van der Waals surface area contributed by atoms with Crippen LogP contribution in [-0.4, -0.2) is 82.3 Å². The van der Waals surface area contributed by atoms with Crippen LogP contribution in [0.1, 0.15) is 296 Å². The van der Waals surface area contributed by atoms with Crippen LogP contribution < -0.4 is 5.11 Å². The maximum absolute atomic E-state index is 12.9. The second-order valence-corrected chi connectivity index (χ2v) is 23.7. The van der Waals surface area contributed by atoms with Crippen molar-refractivity contribution in [1.82, 2.24) is 0 Å². The monoisotopic (exact) mass is 1130 g/mol. The molecule has 0 spiro atoms. The molecule has 0 saturated carbocycles. The Kier molecular flexibility index (Phi) is 59.8. The van der Waals surface area contributed by atoms with E-state index in [4.69, 9.17) is 18.9 Å². The van der Waals surface area contributed by atoms with Crippen LogP contribution in [0.4, 0.5) is 0 Å². The molecule has 0 fully saturated rings. The Morgan fingerprint density at radius 1 is 0.383 bits per heavy atom. The Labute approximate surface area is 500 Å². The molecule has 9 heteroatoms. The first-order valence-electron chi connectivity index (χ1n) is 33.7. The Bertz CT molecular complexity index is 1600. The molecular formula is C72H127NO8. The number of quaternary nitrogens is 1. The van der Waals surface area contributed by atoms with Gasteiger partial charge in [-0.25, -0.2) is 0 Å². The number of likely N-dealkylation sites (N-methyl/N-ethyl adjacent to an activating group) is 1. The second kappa shape index (κ2) is 62.5. The molecule has 0 aromatic heterocycles. The van der Waals surface area contributed by atoms with Crippen LogP contribution in [0, 0.1) is 0 Å². The zero-order chi connectivity index (χ0) is 59.1. The number of esters is 2. The van der Waals surface area contributed by atoms with Gasteiger partial charge in [-0.2, -0.15) is 0 Å². The Balaban J connectivity index is 4.15. The number of hydrogen-bond donors (Lipinski definition) is 0. The summed E-state index contributed by atoms with van der Waals surface area (Å²) < 4.78 is 22.8. The minimum atomic E-state index is -1.62. The van der Waals surface area contributed by atoms with Crippen LogP contribution in [0.5, 0.6) is 0 Å². The number of ether oxygens (including phenoxy) is 4. The first-order valence-corrected chi connectivity index (χ1v) is 33.7. The summed E-state index contributed by atoms with van der Waals surface area (Å²) >= 11 is 0. The summed E-state index contributed by atoms with van der Waals surface area (Å²) in [4.78, 5) is 37.4. The molecule has 0 saturated heterocycles. The summed E-state index contributed by atoms with van der Waals surface area (Å²) in [6.45, 7) is 4.67. The number of carboxylic acids is 1. The van der Waals surface area contributed by atoms with E-state index in [0.717, 1.165) is 89.9 Å². The smallest absolute Gasteiger partial charge is 0.306 e. The normalized spacial score (nSPS) is 13.2. The fourth-order valence-electron chi connectivity index (χ4n) is 9.52. The van der Waals surface area contributed by atoms with E-state index in [1.165, 1.54) is 173 Å². The molecule has 0 heterocycles. The van der Waals surface area contributed by atoms with Crippen LogP contribution in [0.2, 0.25) is 0 Å².